The first-order valence-corrected chi connectivity index (χ1v) is 28.0. The van der Waals surface area contributed by atoms with E-state index in [0.29, 0.717) is 19.4 Å². The Kier molecular flexibility index (Phi) is 55.1. The molecule has 0 aromatic heterocycles. The zero-order valence-corrected chi connectivity index (χ0v) is 45.0. The van der Waals surface area contributed by atoms with Crippen molar-refractivity contribution in [3.63, 3.8) is 0 Å². The quantitative estimate of drug-likeness (QED) is 0.0345. The van der Waals surface area contributed by atoms with E-state index in [1.807, 2.05) is 0 Å². The summed E-state index contributed by atoms with van der Waals surface area (Å²) in [5, 5.41) is 0. The number of hydrogen-bond donors (Lipinski definition) is 0. The van der Waals surface area contributed by atoms with Gasteiger partial charge < -0.3 is 14.2 Å². The van der Waals surface area contributed by atoms with E-state index >= 15 is 0 Å². The molecule has 0 amide bonds. The summed E-state index contributed by atoms with van der Waals surface area (Å²) < 4.78 is 17.4. The first-order chi connectivity index (χ1) is 34.6. The molecule has 70 heavy (non-hydrogen) atoms. The summed E-state index contributed by atoms with van der Waals surface area (Å²) >= 11 is 0. The lowest BCUT2D eigenvalue weighted by Crippen LogP contribution is -2.30. The Hall–Kier alpha value is -4.48. The number of allylic oxidation sites excluding steroid dienone is 26. The van der Waals surface area contributed by atoms with Gasteiger partial charge in [-0.2, -0.15) is 0 Å². The van der Waals surface area contributed by atoms with Gasteiger partial charge in [0.05, 0.1) is 6.61 Å². The number of esters is 2. The van der Waals surface area contributed by atoms with Crippen LogP contribution >= 0.6 is 0 Å². The minimum atomic E-state index is -0.588. The van der Waals surface area contributed by atoms with Gasteiger partial charge in [-0.25, -0.2) is 0 Å². The van der Waals surface area contributed by atoms with Crippen LogP contribution in [-0.4, -0.2) is 37.9 Å². The van der Waals surface area contributed by atoms with Crippen molar-refractivity contribution in [2.24, 2.45) is 0 Å². The molecular formula is C65H102O5. The average Bonchev–Trinajstić information content (AvgIpc) is 3.36. The van der Waals surface area contributed by atoms with E-state index in [4.69, 9.17) is 14.2 Å². The fraction of sp³-hybridized carbons (Fsp3) is 0.569. The van der Waals surface area contributed by atoms with Crippen LogP contribution in [0.3, 0.4) is 0 Å². The van der Waals surface area contributed by atoms with Gasteiger partial charge in [0.1, 0.15) is 6.61 Å². The van der Waals surface area contributed by atoms with Gasteiger partial charge in [0, 0.05) is 19.4 Å². The lowest BCUT2D eigenvalue weighted by atomic mass is 10.1. The Bertz CT molecular complexity index is 1560. The van der Waals surface area contributed by atoms with Crippen LogP contribution in [-0.2, 0) is 23.8 Å². The molecule has 5 nitrogen and oxygen atoms in total. The second kappa shape index (κ2) is 58.8. The monoisotopic (exact) mass is 963 g/mol. The van der Waals surface area contributed by atoms with Crippen molar-refractivity contribution in [1.82, 2.24) is 0 Å². The highest BCUT2D eigenvalue weighted by atomic mass is 16.6. The molecule has 0 N–H and O–H groups in total. The van der Waals surface area contributed by atoms with Gasteiger partial charge in [0.15, 0.2) is 6.10 Å². The van der Waals surface area contributed by atoms with Crippen molar-refractivity contribution in [2.45, 2.75) is 219 Å². The van der Waals surface area contributed by atoms with Gasteiger partial charge in [-0.15, -0.1) is 0 Å². The van der Waals surface area contributed by atoms with Crippen molar-refractivity contribution in [2.75, 3.05) is 19.8 Å². The highest BCUT2D eigenvalue weighted by Gasteiger charge is 2.17. The Balaban J connectivity index is 4.48. The average molecular weight is 964 g/mol. The van der Waals surface area contributed by atoms with Crippen molar-refractivity contribution in [3.05, 3.63) is 158 Å². The molecule has 0 bridgehead atoms. The topological polar surface area (TPSA) is 61.8 Å². The van der Waals surface area contributed by atoms with Crippen LogP contribution < -0.4 is 0 Å². The van der Waals surface area contributed by atoms with E-state index < -0.39 is 6.10 Å². The molecule has 0 fully saturated rings. The number of unbranched alkanes of at least 4 members (excludes halogenated alkanes) is 12. The molecule has 0 aliphatic carbocycles. The highest BCUT2D eigenvalue weighted by molar-refractivity contribution is 5.70. The van der Waals surface area contributed by atoms with Gasteiger partial charge in [-0.05, 0) is 141 Å². The van der Waals surface area contributed by atoms with E-state index in [0.717, 1.165) is 154 Å². The van der Waals surface area contributed by atoms with Gasteiger partial charge in [0.25, 0.3) is 0 Å². The Morgan fingerprint density at radius 3 is 0.957 bits per heavy atom. The molecule has 0 aromatic carbocycles. The normalized spacial score (nSPS) is 13.5. The van der Waals surface area contributed by atoms with E-state index in [2.05, 4.69) is 179 Å². The fourth-order valence-electron chi connectivity index (χ4n) is 6.99. The molecule has 1 unspecified atom stereocenters. The molecule has 0 heterocycles. The largest absolute Gasteiger partial charge is 0.462 e. The highest BCUT2D eigenvalue weighted by Crippen LogP contribution is 2.12. The summed E-state index contributed by atoms with van der Waals surface area (Å²) in [5.41, 5.74) is 0. The van der Waals surface area contributed by atoms with Crippen LogP contribution in [0.5, 0.6) is 0 Å². The maximum Gasteiger partial charge on any atom is 0.306 e. The van der Waals surface area contributed by atoms with E-state index in [1.54, 1.807) is 0 Å². The molecule has 0 spiro atoms. The second-order valence-corrected chi connectivity index (χ2v) is 17.7. The second-order valence-electron chi connectivity index (χ2n) is 17.7. The smallest absolute Gasteiger partial charge is 0.306 e. The number of hydrogen-bond acceptors (Lipinski definition) is 5. The molecule has 1 atom stereocenters. The van der Waals surface area contributed by atoms with Gasteiger partial charge in [0.2, 0.25) is 0 Å². The number of carbonyl (C=O) groups is 2. The molecule has 5 heteroatoms. The predicted octanol–water partition coefficient (Wildman–Crippen LogP) is 19.5. The maximum atomic E-state index is 12.9. The first kappa shape index (κ1) is 65.5. The van der Waals surface area contributed by atoms with E-state index in [1.165, 1.54) is 25.7 Å². The molecule has 0 aromatic rings. The van der Waals surface area contributed by atoms with Crippen molar-refractivity contribution in [3.8, 4) is 0 Å². The molecule has 0 saturated heterocycles. The fourth-order valence-corrected chi connectivity index (χ4v) is 6.99. The Morgan fingerprint density at radius 1 is 0.314 bits per heavy atom. The summed E-state index contributed by atoms with van der Waals surface area (Å²) in [6.45, 7) is 7.37. The first-order valence-electron chi connectivity index (χ1n) is 28.0. The van der Waals surface area contributed by atoms with Crippen molar-refractivity contribution >= 4 is 11.9 Å². The number of rotatable bonds is 49. The third-order valence-corrected chi connectivity index (χ3v) is 11.0. The van der Waals surface area contributed by atoms with Crippen molar-refractivity contribution < 1.29 is 23.8 Å². The van der Waals surface area contributed by atoms with Gasteiger partial charge >= 0.3 is 11.9 Å². The lowest BCUT2D eigenvalue weighted by molar-refractivity contribution is -0.163. The summed E-state index contributed by atoms with van der Waals surface area (Å²) in [4.78, 5) is 25.5. The number of ether oxygens (including phenoxy) is 3. The summed E-state index contributed by atoms with van der Waals surface area (Å²) in [7, 11) is 0. The zero-order chi connectivity index (χ0) is 50.6. The zero-order valence-electron chi connectivity index (χ0n) is 45.0. The number of carbonyl (C=O) groups excluding carboxylic acids is 2. The van der Waals surface area contributed by atoms with Gasteiger partial charge in [-0.1, -0.05) is 217 Å². The van der Waals surface area contributed by atoms with Crippen LogP contribution in [0.1, 0.15) is 213 Å². The molecule has 0 radical (unpaired) electrons. The lowest BCUT2D eigenvalue weighted by Gasteiger charge is -2.18. The summed E-state index contributed by atoms with van der Waals surface area (Å²) in [6.07, 6.45) is 86.9. The summed E-state index contributed by atoms with van der Waals surface area (Å²) in [5.74, 6) is -0.491. The van der Waals surface area contributed by atoms with Crippen LogP contribution in [0.4, 0.5) is 0 Å². The standard InChI is InChI=1S/C65H102O5/c1-4-7-10-13-16-19-22-25-28-31-33-35-37-40-43-46-49-52-55-58-64(66)69-62-63(61-68-60-57-54-51-48-45-42-39-30-27-24-21-18-15-12-9-6-3)70-65(67)59-56-53-50-47-44-41-38-36-34-32-29-26-23-20-17-14-11-8-5-2/h7-12,16-21,25-30,33-36,40-41,43-44,63H,4-6,13-15,22-24,31-32,37-39,42,45-62H2,1-3H3/b10-7-,11-8-,12-9-,19-16-,20-17-,21-18-,28-25-,29-26-,30-27-,35-33-,36-34-,43-40-,44-41-. The van der Waals surface area contributed by atoms with Crippen LogP contribution in [0.2, 0.25) is 0 Å². The van der Waals surface area contributed by atoms with E-state index in [-0.39, 0.29) is 25.2 Å². The molecule has 0 rings (SSSR count). The minimum Gasteiger partial charge on any atom is -0.462 e. The molecule has 0 aliphatic heterocycles. The summed E-state index contributed by atoms with van der Waals surface area (Å²) in [6, 6.07) is 0. The van der Waals surface area contributed by atoms with Crippen molar-refractivity contribution in [1.29, 1.82) is 0 Å². The third kappa shape index (κ3) is 56.1. The molecular weight excluding hydrogens is 861 g/mol. The maximum absolute atomic E-state index is 12.9. The molecule has 0 aliphatic rings. The predicted molar refractivity (Wildman–Crippen MR) is 306 cm³/mol. The molecule has 0 saturated carbocycles. The van der Waals surface area contributed by atoms with Crippen LogP contribution in [0.25, 0.3) is 0 Å². The minimum absolute atomic E-state index is 0.0374. The Morgan fingerprint density at radius 2 is 0.600 bits per heavy atom. The van der Waals surface area contributed by atoms with Crippen LogP contribution in [0, 0.1) is 0 Å². The SMILES string of the molecule is CC/C=C\C/C=C\C/C=C\C/C=C\C/C=C\CCCCCC(=O)OCC(COCCCCCCCC/C=C\C/C=C\C/C=C\CC)OC(=O)CCCCC/C=C\C/C=C\C/C=C\C/C=C\C/C=C\CC. The molecule has 392 valence electrons. The van der Waals surface area contributed by atoms with E-state index in [9.17, 15) is 9.59 Å². The third-order valence-electron chi connectivity index (χ3n) is 11.0. The van der Waals surface area contributed by atoms with Crippen LogP contribution in [0.15, 0.2) is 158 Å². The Labute approximate surface area is 431 Å². The van der Waals surface area contributed by atoms with Gasteiger partial charge in [-0.3, -0.25) is 9.59 Å².